The summed E-state index contributed by atoms with van der Waals surface area (Å²) in [6.45, 7) is 4.08. The highest BCUT2D eigenvalue weighted by molar-refractivity contribution is 7.84. The molecule has 4 rings (SSSR count). The van der Waals surface area contributed by atoms with Crippen LogP contribution in [0.1, 0.15) is 0 Å². The number of piperazine rings is 1. The summed E-state index contributed by atoms with van der Waals surface area (Å²) in [5.41, 5.74) is 10.2. The molecule has 8 heteroatoms. The highest BCUT2D eigenvalue weighted by Crippen LogP contribution is 2.21. The summed E-state index contributed by atoms with van der Waals surface area (Å²) in [7, 11) is -0.992. The van der Waals surface area contributed by atoms with Crippen molar-refractivity contribution < 1.29 is 4.21 Å². The third kappa shape index (κ3) is 5.61. The summed E-state index contributed by atoms with van der Waals surface area (Å²) in [6, 6.07) is 21.7. The Kier molecular flexibility index (Phi) is 6.81. The summed E-state index contributed by atoms with van der Waals surface area (Å²) in [5.74, 6) is 0.679. The third-order valence-corrected chi connectivity index (χ3v) is 6.14. The van der Waals surface area contributed by atoms with Gasteiger partial charge < -0.3 is 20.9 Å². The van der Waals surface area contributed by atoms with Gasteiger partial charge in [0.05, 0.1) is 5.69 Å². The Balaban J connectivity index is 1.37. The number of benzene rings is 2. The maximum atomic E-state index is 11.6. The Bertz CT molecular complexity index is 1020. The van der Waals surface area contributed by atoms with Crippen LogP contribution in [0.25, 0.3) is 11.3 Å². The number of hydrogen-bond acceptors (Lipinski definition) is 7. The van der Waals surface area contributed by atoms with Crippen molar-refractivity contribution in [2.75, 3.05) is 48.0 Å². The molecule has 1 saturated heterocycles. The number of rotatable bonds is 7. The van der Waals surface area contributed by atoms with Crippen LogP contribution in [0.5, 0.6) is 0 Å². The fourth-order valence-electron chi connectivity index (χ4n) is 3.56. The standard InChI is InChI=1S/C23H28N6OS/c1-31(30)20-11-5-17(6-12-20)21-3-2-4-22(27-21)28-23(24)26-18-7-9-19(10-8-18)29-15-13-25-14-16-29/h2-12,23,25-26H,13-16,24H2,1H3,(H,27,28). The van der Waals surface area contributed by atoms with E-state index in [9.17, 15) is 4.21 Å². The van der Waals surface area contributed by atoms with E-state index < -0.39 is 17.1 Å². The number of nitrogens with one attached hydrogen (secondary N) is 3. The van der Waals surface area contributed by atoms with Gasteiger partial charge in [0, 0.05) is 65.1 Å². The van der Waals surface area contributed by atoms with Gasteiger partial charge in [0.2, 0.25) is 0 Å². The van der Waals surface area contributed by atoms with Crippen LogP contribution in [0.3, 0.4) is 0 Å². The molecular formula is C23H28N6OS. The number of nitrogens with zero attached hydrogens (tertiary/aromatic N) is 2. The zero-order valence-corrected chi connectivity index (χ0v) is 18.4. The van der Waals surface area contributed by atoms with E-state index in [-0.39, 0.29) is 0 Å². The second-order valence-corrected chi connectivity index (χ2v) is 8.82. The first-order valence-electron chi connectivity index (χ1n) is 10.3. The van der Waals surface area contributed by atoms with E-state index in [0.717, 1.165) is 48.0 Å². The quantitative estimate of drug-likeness (QED) is 0.423. The molecule has 31 heavy (non-hydrogen) atoms. The van der Waals surface area contributed by atoms with Crippen molar-refractivity contribution in [2.45, 2.75) is 11.2 Å². The predicted molar refractivity (Wildman–Crippen MR) is 129 cm³/mol. The summed E-state index contributed by atoms with van der Waals surface area (Å²) in [5, 5.41) is 9.83. The molecule has 162 valence electrons. The van der Waals surface area contributed by atoms with Gasteiger partial charge in [0.25, 0.3) is 0 Å². The van der Waals surface area contributed by atoms with Gasteiger partial charge in [-0.25, -0.2) is 4.98 Å². The normalized spacial score (nSPS) is 15.9. The second kappa shape index (κ2) is 9.91. The summed E-state index contributed by atoms with van der Waals surface area (Å²) >= 11 is 0. The van der Waals surface area contributed by atoms with Crippen molar-refractivity contribution in [1.82, 2.24) is 10.3 Å². The Morgan fingerprint density at radius 2 is 1.71 bits per heavy atom. The minimum absolute atomic E-state index is 0.488. The minimum Gasteiger partial charge on any atom is -0.369 e. The first kappa shape index (κ1) is 21.3. The average Bonchev–Trinajstić information content (AvgIpc) is 2.80. The lowest BCUT2D eigenvalue weighted by Gasteiger charge is -2.29. The highest BCUT2D eigenvalue weighted by Gasteiger charge is 2.11. The van der Waals surface area contributed by atoms with Gasteiger partial charge in [-0.2, -0.15) is 0 Å². The predicted octanol–water partition coefficient (Wildman–Crippen LogP) is 2.66. The van der Waals surface area contributed by atoms with E-state index in [1.54, 1.807) is 6.26 Å². The van der Waals surface area contributed by atoms with Gasteiger partial charge in [-0.1, -0.05) is 18.2 Å². The maximum absolute atomic E-state index is 11.6. The molecule has 2 atom stereocenters. The number of nitrogens with two attached hydrogens (primary N) is 1. The summed E-state index contributed by atoms with van der Waals surface area (Å²) in [4.78, 5) is 7.83. The van der Waals surface area contributed by atoms with E-state index >= 15 is 0 Å². The van der Waals surface area contributed by atoms with Gasteiger partial charge in [-0.15, -0.1) is 0 Å². The monoisotopic (exact) mass is 436 g/mol. The molecule has 1 aliphatic rings. The van der Waals surface area contributed by atoms with Gasteiger partial charge in [0.15, 0.2) is 6.29 Å². The third-order valence-electron chi connectivity index (χ3n) is 5.21. The van der Waals surface area contributed by atoms with Crippen LogP contribution in [0.2, 0.25) is 0 Å². The zero-order valence-electron chi connectivity index (χ0n) is 17.5. The molecule has 0 radical (unpaired) electrons. The smallest absolute Gasteiger partial charge is 0.151 e. The fraction of sp³-hybridized carbons (Fsp3) is 0.261. The molecule has 7 nitrogen and oxygen atoms in total. The molecule has 3 aromatic rings. The molecule has 2 heterocycles. The van der Waals surface area contributed by atoms with Crippen molar-refractivity contribution in [3.8, 4) is 11.3 Å². The van der Waals surface area contributed by atoms with Gasteiger partial charge in [0.1, 0.15) is 5.82 Å². The Labute approximate surface area is 185 Å². The molecule has 0 saturated carbocycles. The van der Waals surface area contributed by atoms with Crippen molar-refractivity contribution in [3.63, 3.8) is 0 Å². The number of hydrogen-bond donors (Lipinski definition) is 4. The molecule has 0 aliphatic carbocycles. The van der Waals surface area contributed by atoms with Gasteiger partial charge >= 0.3 is 0 Å². The van der Waals surface area contributed by atoms with E-state index in [0.29, 0.717) is 5.82 Å². The lowest BCUT2D eigenvalue weighted by molar-refractivity contribution is 0.589. The van der Waals surface area contributed by atoms with Crippen molar-refractivity contribution >= 4 is 28.0 Å². The van der Waals surface area contributed by atoms with E-state index in [1.807, 2.05) is 54.6 Å². The molecule has 2 aromatic carbocycles. The Hall–Kier alpha value is -2.94. The van der Waals surface area contributed by atoms with Crippen LogP contribution in [-0.4, -0.2) is 47.9 Å². The first-order valence-corrected chi connectivity index (χ1v) is 11.9. The molecule has 0 amide bonds. The van der Waals surface area contributed by atoms with E-state index in [4.69, 9.17) is 5.73 Å². The zero-order chi connectivity index (χ0) is 21.6. The molecule has 1 aliphatic heterocycles. The first-order chi connectivity index (χ1) is 15.1. The lowest BCUT2D eigenvalue weighted by atomic mass is 10.1. The molecule has 5 N–H and O–H groups in total. The number of pyridine rings is 1. The number of aromatic nitrogens is 1. The molecule has 0 spiro atoms. The largest absolute Gasteiger partial charge is 0.369 e. The molecular weight excluding hydrogens is 408 g/mol. The number of anilines is 3. The molecule has 2 unspecified atom stereocenters. The maximum Gasteiger partial charge on any atom is 0.151 e. The Morgan fingerprint density at radius 3 is 2.39 bits per heavy atom. The highest BCUT2D eigenvalue weighted by atomic mass is 32.2. The van der Waals surface area contributed by atoms with Crippen molar-refractivity contribution in [3.05, 3.63) is 66.7 Å². The lowest BCUT2D eigenvalue weighted by Crippen LogP contribution is -2.43. The summed E-state index contributed by atoms with van der Waals surface area (Å²) < 4.78 is 11.6. The molecule has 1 aromatic heterocycles. The van der Waals surface area contributed by atoms with E-state index in [2.05, 4.69) is 38.0 Å². The van der Waals surface area contributed by atoms with E-state index in [1.165, 1.54) is 5.69 Å². The fourth-order valence-corrected chi connectivity index (χ4v) is 4.08. The van der Waals surface area contributed by atoms with Crippen molar-refractivity contribution in [1.29, 1.82) is 0 Å². The van der Waals surface area contributed by atoms with Crippen LogP contribution in [-0.2, 0) is 10.8 Å². The second-order valence-electron chi connectivity index (χ2n) is 7.44. The van der Waals surface area contributed by atoms with Crippen LogP contribution in [0.15, 0.2) is 71.6 Å². The van der Waals surface area contributed by atoms with Crippen LogP contribution < -0.4 is 26.6 Å². The van der Waals surface area contributed by atoms with Crippen molar-refractivity contribution in [2.24, 2.45) is 5.73 Å². The van der Waals surface area contributed by atoms with Crippen LogP contribution in [0.4, 0.5) is 17.2 Å². The topological polar surface area (TPSA) is 95.3 Å². The molecule has 0 bridgehead atoms. The molecule has 1 fully saturated rings. The van der Waals surface area contributed by atoms with Gasteiger partial charge in [-0.05, 0) is 48.5 Å². The minimum atomic E-state index is -0.992. The summed E-state index contributed by atoms with van der Waals surface area (Å²) in [6.07, 6.45) is 1.18. The van der Waals surface area contributed by atoms with Gasteiger partial charge in [-0.3, -0.25) is 9.94 Å². The SMILES string of the molecule is CS(=O)c1ccc(-c2cccc(NC(N)Nc3ccc(N4CCNCC4)cc3)n2)cc1. The average molecular weight is 437 g/mol. The van der Waals surface area contributed by atoms with Crippen LogP contribution in [0, 0.1) is 0 Å². The Morgan fingerprint density at radius 1 is 1.00 bits per heavy atom. The van der Waals surface area contributed by atoms with Crippen LogP contribution >= 0.6 is 0 Å².